The van der Waals surface area contributed by atoms with Crippen LogP contribution in [0.2, 0.25) is 0 Å². The number of hydrogen-bond donors (Lipinski definition) is 0. The smallest absolute Gasteiger partial charge is 0.337 e. The number of likely N-dealkylation sites (N-methyl/N-ethyl adjacent to an activating group) is 1. The second-order valence-electron chi connectivity index (χ2n) is 5.81. The fraction of sp³-hybridized carbons (Fsp3) is 0.238. The maximum Gasteiger partial charge on any atom is 0.337 e. The van der Waals surface area contributed by atoms with Crippen molar-refractivity contribution < 1.29 is 19.1 Å². The number of benzene rings is 2. The van der Waals surface area contributed by atoms with E-state index in [2.05, 4.69) is 4.74 Å². The standard InChI is InChI=1S/C21H23NO4/c1-15(18-7-5-6-8-19(18)25-3)22(2)20(23)14-11-16-9-12-17(13-10-16)21(24)26-4/h5-15H,1-4H3/b14-11+. The molecule has 1 amide bonds. The molecular weight excluding hydrogens is 330 g/mol. The van der Waals surface area contributed by atoms with Crippen LogP contribution in [-0.4, -0.2) is 38.0 Å². The summed E-state index contributed by atoms with van der Waals surface area (Å²) in [5.74, 6) is 0.240. The Morgan fingerprint density at radius 2 is 1.69 bits per heavy atom. The zero-order valence-corrected chi connectivity index (χ0v) is 15.4. The average Bonchev–Trinajstić information content (AvgIpc) is 2.70. The third kappa shape index (κ3) is 4.51. The Labute approximate surface area is 153 Å². The lowest BCUT2D eigenvalue weighted by Gasteiger charge is -2.25. The first-order chi connectivity index (χ1) is 12.5. The molecule has 1 atom stereocenters. The number of carbonyl (C=O) groups excluding carboxylic acids is 2. The van der Waals surface area contributed by atoms with Crippen LogP contribution >= 0.6 is 0 Å². The number of amides is 1. The highest BCUT2D eigenvalue weighted by Gasteiger charge is 2.18. The number of ether oxygens (including phenoxy) is 2. The molecule has 5 nitrogen and oxygen atoms in total. The van der Waals surface area contributed by atoms with Crippen LogP contribution in [0.1, 0.15) is 34.5 Å². The lowest BCUT2D eigenvalue weighted by atomic mass is 10.1. The number of hydrogen-bond acceptors (Lipinski definition) is 4. The van der Waals surface area contributed by atoms with E-state index in [1.54, 1.807) is 49.4 Å². The van der Waals surface area contributed by atoms with Gasteiger partial charge >= 0.3 is 5.97 Å². The number of rotatable bonds is 6. The van der Waals surface area contributed by atoms with E-state index in [0.717, 1.165) is 16.9 Å². The van der Waals surface area contributed by atoms with Crippen molar-refractivity contribution in [2.75, 3.05) is 21.3 Å². The first-order valence-corrected chi connectivity index (χ1v) is 8.24. The van der Waals surface area contributed by atoms with Crippen LogP contribution in [0.3, 0.4) is 0 Å². The van der Waals surface area contributed by atoms with E-state index in [1.165, 1.54) is 13.2 Å². The van der Waals surface area contributed by atoms with E-state index >= 15 is 0 Å². The van der Waals surface area contributed by atoms with Gasteiger partial charge in [0.15, 0.2) is 0 Å². The third-order valence-electron chi connectivity index (χ3n) is 4.27. The van der Waals surface area contributed by atoms with Crippen LogP contribution in [0.5, 0.6) is 5.75 Å². The van der Waals surface area contributed by atoms with Crippen LogP contribution in [0, 0.1) is 0 Å². The van der Waals surface area contributed by atoms with E-state index in [9.17, 15) is 9.59 Å². The lowest BCUT2D eigenvalue weighted by molar-refractivity contribution is -0.126. The van der Waals surface area contributed by atoms with Crippen molar-refractivity contribution in [3.63, 3.8) is 0 Å². The van der Waals surface area contributed by atoms with Crippen molar-refractivity contribution in [2.45, 2.75) is 13.0 Å². The van der Waals surface area contributed by atoms with Crippen LogP contribution in [0.25, 0.3) is 6.08 Å². The first-order valence-electron chi connectivity index (χ1n) is 8.24. The van der Waals surface area contributed by atoms with Crippen molar-refractivity contribution in [3.05, 3.63) is 71.3 Å². The zero-order chi connectivity index (χ0) is 19.1. The molecule has 2 aromatic rings. The minimum Gasteiger partial charge on any atom is -0.496 e. The van der Waals surface area contributed by atoms with Gasteiger partial charge in [0.1, 0.15) is 5.75 Å². The number of esters is 1. The van der Waals surface area contributed by atoms with E-state index < -0.39 is 0 Å². The molecular formula is C21H23NO4. The minimum atomic E-state index is -0.387. The minimum absolute atomic E-state index is 0.125. The normalized spacial score (nSPS) is 11.8. The quantitative estimate of drug-likeness (QED) is 0.587. The number of methoxy groups -OCH3 is 2. The fourth-order valence-corrected chi connectivity index (χ4v) is 2.54. The van der Waals surface area contributed by atoms with Gasteiger partial charge in [0.25, 0.3) is 0 Å². The van der Waals surface area contributed by atoms with Gasteiger partial charge in [0.2, 0.25) is 5.91 Å². The summed E-state index contributed by atoms with van der Waals surface area (Å²) >= 11 is 0. The predicted octanol–water partition coefficient (Wildman–Crippen LogP) is 3.71. The van der Waals surface area contributed by atoms with Crippen molar-refractivity contribution in [1.82, 2.24) is 4.90 Å². The van der Waals surface area contributed by atoms with Crippen molar-refractivity contribution in [3.8, 4) is 5.75 Å². The number of para-hydroxylation sites is 1. The van der Waals surface area contributed by atoms with E-state index in [-0.39, 0.29) is 17.9 Å². The third-order valence-corrected chi connectivity index (χ3v) is 4.27. The summed E-state index contributed by atoms with van der Waals surface area (Å²) in [6.45, 7) is 1.95. The molecule has 0 radical (unpaired) electrons. The van der Waals surface area contributed by atoms with Gasteiger partial charge in [-0.25, -0.2) is 4.79 Å². The summed E-state index contributed by atoms with van der Waals surface area (Å²) in [6.07, 6.45) is 3.23. The van der Waals surface area contributed by atoms with Gasteiger partial charge in [-0.15, -0.1) is 0 Å². The zero-order valence-electron chi connectivity index (χ0n) is 15.4. The Morgan fingerprint density at radius 3 is 2.31 bits per heavy atom. The Hall–Kier alpha value is -3.08. The van der Waals surface area contributed by atoms with Gasteiger partial charge in [0, 0.05) is 18.7 Å². The first kappa shape index (κ1) is 19.2. The van der Waals surface area contributed by atoms with E-state index in [0.29, 0.717) is 5.56 Å². The summed E-state index contributed by atoms with van der Waals surface area (Å²) in [7, 11) is 4.71. The van der Waals surface area contributed by atoms with Gasteiger partial charge in [-0.3, -0.25) is 4.79 Å². The van der Waals surface area contributed by atoms with Crippen LogP contribution in [0.4, 0.5) is 0 Å². The molecule has 2 rings (SSSR count). The van der Waals surface area contributed by atoms with Gasteiger partial charge in [-0.1, -0.05) is 30.3 Å². The maximum atomic E-state index is 12.5. The molecule has 0 aliphatic heterocycles. The number of nitrogens with zero attached hydrogens (tertiary/aromatic N) is 1. The lowest BCUT2D eigenvalue weighted by Crippen LogP contribution is -2.28. The fourth-order valence-electron chi connectivity index (χ4n) is 2.54. The van der Waals surface area contributed by atoms with E-state index in [1.807, 2.05) is 31.2 Å². The highest BCUT2D eigenvalue weighted by Crippen LogP contribution is 2.28. The second kappa shape index (κ2) is 8.85. The monoisotopic (exact) mass is 353 g/mol. The molecule has 0 aromatic heterocycles. The van der Waals surface area contributed by atoms with Crippen LogP contribution < -0.4 is 4.74 Å². The molecule has 0 saturated heterocycles. The van der Waals surface area contributed by atoms with Gasteiger partial charge < -0.3 is 14.4 Å². The maximum absolute atomic E-state index is 12.5. The van der Waals surface area contributed by atoms with Crippen LogP contribution in [0.15, 0.2) is 54.6 Å². The predicted molar refractivity (Wildman–Crippen MR) is 101 cm³/mol. The van der Waals surface area contributed by atoms with Crippen LogP contribution in [-0.2, 0) is 9.53 Å². The van der Waals surface area contributed by atoms with Gasteiger partial charge in [-0.05, 0) is 36.8 Å². The largest absolute Gasteiger partial charge is 0.496 e. The molecule has 0 aliphatic carbocycles. The molecule has 26 heavy (non-hydrogen) atoms. The van der Waals surface area contributed by atoms with E-state index in [4.69, 9.17) is 4.74 Å². The van der Waals surface area contributed by atoms with Crippen molar-refractivity contribution >= 4 is 18.0 Å². The highest BCUT2D eigenvalue weighted by atomic mass is 16.5. The summed E-state index contributed by atoms with van der Waals surface area (Å²) in [6, 6.07) is 14.4. The van der Waals surface area contributed by atoms with Crippen molar-refractivity contribution in [2.24, 2.45) is 0 Å². The van der Waals surface area contributed by atoms with Gasteiger partial charge in [-0.2, -0.15) is 0 Å². The molecule has 5 heteroatoms. The molecule has 0 aliphatic rings. The molecule has 1 unspecified atom stereocenters. The summed E-state index contributed by atoms with van der Waals surface area (Å²) < 4.78 is 10.0. The average molecular weight is 353 g/mol. The summed E-state index contributed by atoms with van der Waals surface area (Å²) in [5, 5.41) is 0. The molecule has 0 spiro atoms. The van der Waals surface area contributed by atoms with Gasteiger partial charge in [0.05, 0.1) is 25.8 Å². The second-order valence-corrected chi connectivity index (χ2v) is 5.81. The van der Waals surface area contributed by atoms with Crippen molar-refractivity contribution in [1.29, 1.82) is 0 Å². The topological polar surface area (TPSA) is 55.8 Å². The molecule has 2 aromatic carbocycles. The number of carbonyl (C=O) groups is 2. The molecule has 0 fully saturated rings. The Morgan fingerprint density at radius 1 is 1.04 bits per heavy atom. The summed E-state index contributed by atoms with van der Waals surface area (Å²) in [5.41, 5.74) is 2.24. The molecule has 0 bridgehead atoms. The molecule has 136 valence electrons. The Bertz CT molecular complexity index is 796. The summed E-state index contributed by atoms with van der Waals surface area (Å²) in [4.78, 5) is 25.6. The highest BCUT2D eigenvalue weighted by molar-refractivity contribution is 5.92. The molecule has 0 N–H and O–H groups in total. The Kier molecular flexibility index (Phi) is 6.55. The molecule has 0 saturated carbocycles. The Balaban J connectivity index is 2.08. The SMILES string of the molecule is COC(=O)c1ccc(/C=C/C(=O)N(C)C(C)c2ccccc2OC)cc1. The molecule has 0 heterocycles.